The summed E-state index contributed by atoms with van der Waals surface area (Å²) in [7, 11) is 0. The van der Waals surface area contributed by atoms with Gasteiger partial charge < -0.3 is 4.74 Å². The summed E-state index contributed by atoms with van der Waals surface area (Å²) >= 11 is 0. The predicted octanol–water partition coefficient (Wildman–Crippen LogP) is 3.97. The van der Waals surface area contributed by atoms with Crippen molar-refractivity contribution in [3.63, 3.8) is 0 Å². The Bertz CT molecular complexity index is 422. The van der Waals surface area contributed by atoms with Crippen LogP contribution >= 0.6 is 0 Å². The highest BCUT2D eigenvalue weighted by molar-refractivity contribution is 5.48. The molecule has 0 atom stereocenters. The SMILES string of the molecule is CCCOc1ccc(CC(C)(C)C)cc1[N+](=O)[O-]. The second-order valence-corrected chi connectivity index (χ2v) is 5.65. The van der Waals surface area contributed by atoms with Crippen molar-refractivity contribution in [2.24, 2.45) is 5.41 Å². The van der Waals surface area contributed by atoms with Crippen LogP contribution in [0.3, 0.4) is 0 Å². The van der Waals surface area contributed by atoms with Crippen LogP contribution in [0.25, 0.3) is 0 Å². The fourth-order valence-electron chi connectivity index (χ4n) is 1.76. The first-order valence-corrected chi connectivity index (χ1v) is 6.23. The molecule has 1 aromatic rings. The Morgan fingerprint density at radius 1 is 1.33 bits per heavy atom. The third kappa shape index (κ3) is 4.35. The van der Waals surface area contributed by atoms with E-state index in [4.69, 9.17) is 4.74 Å². The second kappa shape index (κ2) is 5.85. The summed E-state index contributed by atoms with van der Waals surface area (Å²) in [5, 5.41) is 11.0. The standard InChI is InChI=1S/C14H21NO3/c1-5-8-18-13-7-6-11(10-14(2,3)4)9-12(13)15(16)17/h6-7,9H,5,8,10H2,1-4H3. The quantitative estimate of drug-likeness (QED) is 0.587. The topological polar surface area (TPSA) is 52.4 Å². The largest absolute Gasteiger partial charge is 0.487 e. The monoisotopic (exact) mass is 251 g/mol. The fraction of sp³-hybridized carbons (Fsp3) is 0.571. The molecule has 0 saturated carbocycles. The van der Waals surface area contributed by atoms with Gasteiger partial charge in [0.2, 0.25) is 0 Å². The van der Waals surface area contributed by atoms with Crippen LogP contribution in [-0.4, -0.2) is 11.5 Å². The Morgan fingerprint density at radius 2 is 2.00 bits per heavy atom. The molecule has 0 unspecified atom stereocenters. The first-order valence-electron chi connectivity index (χ1n) is 6.23. The van der Waals surface area contributed by atoms with Crippen LogP contribution in [0.4, 0.5) is 5.69 Å². The van der Waals surface area contributed by atoms with E-state index in [1.165, 1.54) is 0 Å². The normalized spacial score (nSPS) is 11.3. The van der Waals surface area contributed by atoms with Crippen molar-refractivity contribution in [2.45, 2.75) is 40.5 Å². The van der Waals surface area contributed by atoms with Gasteiger partial charge in [0.05, 0.1) is 11.5 Å². The molecule has 0 bridgehead atoms. The molecule has 0 aliphatic carbocycles. The van der Waals surface area contributed by atoms with E-state index in [0.717, 1.165) is 18.4 Å². The molecule has 4 heteroatoms. The van der Waals surface area contributed by atoms with Gasteiger partial charge in [0.1, 0.15) is 0 Å². The minimum Gasteiger partial charge on any atom is -0.487 e. The maximum Gasteiger partial charge on any atom is 0.311 e. The van der Waals surface area contributed by atoms with Gasteiger partial charge in [0.25, 0.3) is 0 Å². The van der Waals surface area contributed by atoms with Crippen molar-refractivity contribution >= 4 is 5.69 Å². The molecule has 0 radical (unpaired) electrons. The highest BCUT2D eigenvalue weighted by atomic mass is 16.6. The molecule has 0 fully saturated rings. The number of rotatable bonds is 5. The Labute approximate surface area is 108 Å². The van der Waals surface area contributed by atoms with Gasteiger partial charge in [-0.2, -0.15) is 0 Å². The van der Waals surface area contributed by atoms with Gasteiger partial charge in [-0.15, -0.1) is 0 Å². The third-order valence-electron chi connectivity index (χ3n) is 2.42. The van der Waals surface area contributed by atoms with E-state index in [1.54, 1.807) is 12.1 Å². The molecular formula is C14H21NO3. The van der Waals surface area contributed by atoms with Crippen molar-refractivity contribution in [2.75, 3.05) is 6.61 Å². The summed E-state index contributed by atoms with van der Waals surface area (Å²) in [6, 6.07) is 5.23. The molecule has 0 N–H and O–H groups in total. The number of ether oxygens (including phenoxy) is 1. The molecule has 1 rings (SSSR count). The van der Waals surface area contributed by atoms with Crippen LogP contribution in [0.2, 0.25) is 0 Å². The zero-order chi connectivity index (χ0) is 13.8. The third-order valence-corrected chi connectivity index (χ3v) is 2.42. The molecule has 0 aromatic heterocycles. The highest BCUT2D eigenvalue weighted by Gasteiger charge is 2.18. The van der Waals surface area contributed by atoms with Gasteiger partial charge in [-0.05, 0) is 29.9 Å². The van der Waals surface area contributed by atoms with Gasteiger partial charge >= 0.3 is 5.69 Å². The number of benzene rings is 1. The Balaban J connectivity index is 2.99. The number of nitro benzene ring substituents is 1. The van der Waals surface area contributed by atoms with Crippen molar-refractivity contribution in [3.8, 4) is 5.75 Å². The maximum atomic E-state index is 11.0. The van der Waals surface area contributed by atoms with E-state index in [2.05, 4.69) is 20.8 Å². The number of nitrogens with zero attached hydrogens (tertiary/aromatic N) is 1. The zero-order valence-electron chi connectivity index (χ0n) is 11.5. The second-order valence-electron chi connectivity index (χ2n) is 5.65. The van der Waals surface area contributed by atoms with Gasteiger partial charge in [-0.25, -0.2) is 0 Å². The highest BCUT2D eigenvalue weighted by Crippen LogP contribution is 2.30. The van der Waals surface area contributed by atoms with E-state index in [-0.39, 0.29) is 16.0 Å². The van der Waals surface area contributed by atoms with Crippen molar-refractivity contribution in [1.82, 2.24) is 0 Å². The van der Waals surface area contributed by atoms with Crippen LogP contribution in [-0.2, 0) is 6.42 Å². The lowest BCUT2D eigenvalue weighted by molar-refractivity contribution is -0.385. The first-order chi connectivity index (χ1) is 8.33. The molecule has 0 saturated heterocycles. The fourth-order valence-corrected chi connectivity index (χ4v) is 1.76. The van der Waals surface area contributed by atoms with Gasteiger partial charge in [0.15, 0.2) is 5.75 Å². The van der Waals surface area contributed by atoms with Crippen molar-refractivity contribution in [3.05, 3.63) is 33.9 Å². The summed E-state index contributed by atoms with van der Waals surface area (Å²) in [4.78, 5) is 10.7. The van der Waals surface area contributed by atoms with Crippen LogP contribution < -0.4 is 4.74 Å². The summed E-state index contributed by atoms with van der Waals surface area (Å²) in [5.74, 6) is 0.361. The van der Waals surface area contributed by atoms with Crippen LogP contribution in [0.1, 0.15) is 39.7 Å². The average molecular weight is 251 g/mol. The molecule has 0 amide bonds. The molecule has 1 aromatic carbocycles. The predicted molar refractivity (Wildman–Crippen MR) is 72.0 cm³/mol. The zero-order valence-corrected chi connectivity index (χ0v) is 11.5. The van der Waals surface area contributed by atoms with Gasteiger partial charge in [0, 0.05) is 6.07 Å². The molecule has 100 valence electrons. The van der Waals surface area contributed by atoms with Crippen LogP contribution in [0.15, 0.2) is 18.2 Å². The molecule has 0 aliphatic heterocycles. The summed E-state index contributed by atoms with van der Waals surface area (Å²) in [6.45, 7) is 8.81. The van der Waals surface area contributed by atoms with Crippen LogP contribution in [0.5, 0.6) is 5.75 Å². The minimum atomic E-state index is -0.378. The molecule has 4 nitrogen and oxygen atoms in total. The van der Waals surface area contributed by atoms with E-state index in [9.17, 15) is 10.1 Å². The number of nitro groups is 1. The molecule has 18 heavy (non-hydrogen) atoms. The lowest BCUT2D eigenvalue weighted by Gasteiger charge is -2.18. The summed E-state index contributed by atoms with van der Waals surface area (Å²) in [5.41, 5.74) is 1.14. The van der Waals surface area contributed by atoms with E-state index < -0.39 is 0 Å². The lowest BCUT2D eigenvalue weighted by Crippen LogP contribution is -2.09. The Hall–Kier alpha value is -1.58. The molecular weight excluding hydrogens is 230 g/mol. The van der Waals surface area contributed by atoms with Gasteiger partial charge in [-0.1, -0.05) is 33.8 Å². The van der Waals surface area contributed by atoms with E-state index >= 15 is 0 Å². The summed E-state index contributed by atoms with van der Waals surface area (Å²) in [6.07, 6.45) is 1.64. The Morgan fingerprint density at radius 3 is 2.50 bits per heavy atom. The molecule has 0 aliphatic rings. The molecule has 0 heterocycles. The lowest BCUT2D eigenvalue weighted by atomic mass is 9.88. The van der Waals surface area contributed by atoms with Gasteiger partial charge in [-0.3, -0.25) is 10.1 Å². The van der Waals surface area contributed by atoms with E-state index in [0.29, 0.717) is 12.4 Å². The van der Waals surface area contributed by atoms with Crippen molar-refractivity contribution in [1.29, 1.82) is 0 Å². The smallest absolute Gasteiger partial charge is 0.311 e. The minimum absolute atomic E-state index is 0.0604. The number of hydrogen-bond donors (Lipinski definition) is 0. The number of hydrogen-bond acceptors (Lipinski definition) is 3. The maximum absolute atomic E-state index is 11.0. The molecule has 0 spiro atoms. The Kier molecular flexibility index (Phi) is 4.70. The summed E-state index contributed by atoms with van der Waals surface area (Å²) < 4.78 is 5.39. The average Bonchev–Trinajstić information content (AvgIpc) is 2.25. The van der Waals surface area contributed by atoms with Crippen molar-refractivity contribution < 1.29 is 9.66 Å². The van der Waals surface area contributed by atoms with E-state index in [1.807, 2.05) is 13.0 Å². The first kappa shape index (κ1) is 14.5. The van der Waals surface area contributed by atoms with Crippen LogP contribution in [0, 0.1) is 15.5 Å².